The topological polar surface area (TPSA) is 75.7 Å². The Hall–Kier alpha value is -1.60. The average molecular weight is 368 g/mol. The molecule has 7 heteroatoms. The van der Waals surface area contributed by atoms with Gasteiger partial charge in [-0.1, -0.05) is 31.0 Å². The molecule has 2 rings (SSSR count). The molecular formula is C18H28N2O4S. The summed E-state index contributed by atoms with van der Waals surface area (Å²) in [6, 6.07) is 4.87. The zero-order chi connectivity index (χ0) is 18.7. The molecule has 0 atom stereocenters. The van der Waals surface area contributed by atoms with Gasteiger partial charge in [0.1, 0.15) is 0 Å². The number of amides is 2. The molecule has 0 spiro atoms. The van der Waals surface area contributed by atoms with Crippen molar-refractivity contribution in [2.45, 2.75) is 63.0 Å². The van der Waals surface area contributed by atoms with Crippen LogP contribution in [0, 0.1) is 6.92 Å². The molecule has 1 aromatic carbocycles. The van der Waals surface area contributed by atoms with Gasteiger partial charge < -0.3 is 10.2 Å². The molecule has 0 aromatic heterocycles. The van der Waals surface area contributed by atoms with Crippen LogP contribution in [0.2, 0.25) is 0 Å². The minimum absolute atomic E-state index is 0.185. The second kappa shape index (κ2) is 7.74. The Morgan fingerprint density at radius 2 is 1.88 bits per heavy atom. The summed E-state index contributed by atoms with van der Waals surface area (Å²) >= 11 is 0. The third kappa shape index (κ3) is 4.73. The van der Waals surface area contributed by atoms with Gasteiger partial charge in [-0.3, -0.25) is 0 Å². The van der Waals surface area contributed by atoms with Crippen molar-refractivity contribution < 1.29 is 17.4 Å². The van der Waals surface area contributed by atoms with Crippen LogP contribution in [0.4, 0.5) is 4.79 Å². The van der Waals surface area contributed by atoms with E-state index in [0.29, 0.717) is 19.3 Å². The van der Waals surface area contributed by atoms with Crippen LogP contribution >= 0.6 is 0 Å². The Labute approximate surface area is 150 Å². The predicted molar refractivity (Wildman–Crippen MR) is 96.9 cm³/mol. The molecule has 0 unspecified atom stereocenters. The van der Waals surface area contributed by atoms with Gasteiger partial charge in [0, 0.05) is 14.1 Å². The monoisotopic (exact) mass is 368 g/mol. The van der Waals surface area contributed by atoms with Crippen molar-refractivity contribution in [3.8, 4) is 0 Å². The highest BCUT2D eigenvalue weighted by Crippen LogP contribution is 2.33. The van der Waals surface area contributed by atoms with Crippen molar-refractivity contribution in [2.75, 3.05) is 14.1 Å². The van der Waals surface area contributed by atoms with E-state index < -0.39 is 15.8 Å². The number of nitrogens with zero attached hydrogens (tertiary/aromatic N) is 1. The minimum Gasteiger partial charge on any atom is -0.331 e. The summed E-state index contributed by atoms with van der Waals surface area (Å²) in [6.45, 7) is 3.84. The van der Waals surface area contributed by atoms with E-state index in [4.69, 9.17) is 4.18 Å². The van der Waals surface area contributed by atoms with Gasteiger partial charge in [-0.05, 0) is 50.7 Å². The number of carbonyl (C=O) groups is 1. The summed E-state index contributed by atoms with van der Waals surface area (Å²) in [5.41, 5.74) is 0.558. The zero-order valence-electron chi connectivity index (χ0n) is 15.5. The maximum atomic E-state index is 13.0. The van der Waals surface area contributed by atoms with Crippen LogP contribution in [0.1, 0.15) is 50.2 Å². The SMILES string of the molecule is CCc1cc(C)ccc1S(=O)(=O)OC1(NC(=O)N(C)C)CCCCC1. The molecule has 25 heavy (non-hydrogen) atoms. The van der Waals surface area contributed by atoms with Crippen LogP contribution in [0.3, 0.4) is 0 Å². The van der Waals surface area contributed by atoms with Gasteiger partial charge in [-0.25, -0.2) is 8.98 Å². The van der Waals surface area contributed by atoms with Crippen LogP contribution in [0.25, 0.3) is 0 Å². The molecule has 1 aliphatic carbocycles. The first kappa shape index (κ1) is 19.7. The molecule has 2 amide bonds. The maximum Gasteiger partial charge on any atom is 0.319 e. The van der Waals surface area contributed by atoms with Crippen LogP contribution < -0.4 is 5.32 Å². The van der Waals surface area contributed by atoms with E-state index in [1.54, 1.807) is 26.2 Å². The van der Waals surface area contributed by atoms with Crippen LogP contribution in [-0.2, 0) is 20.7 Å². The van der Waals surface area contributed by atoms with Crippen molar-refractivity contribution in [2.24, 2.45) is 0 Å². The molecule has 0 saturated heterocycles. The molecule has 0 heterocycles. The van der Waals surface area contributed by atoms with Gasteiger partial charge in [-0.15, -0.1) is 0 Å². The van der Waals surface area contributed by atoms with Crippen LogP contribution in [0.5, 0.6) is 0 Å². The summed E-state index contributed by atoms with van der Waals surface area (Å²) in [4.78, 5) is 13.7. The van der Waals surface area contributed by atoms with E-state index in [-0.39, 0.29) is 10.9 Å². The lowest BCUT2D eigenvalue weighted by Crippen LogP contribution is -2.55. The highest BCUT2D eigenvalue weighted by Gasteiger charge is 2.40. The van der Waals surface area contributed by atoms with Crippen molar-refractivity contribution >= 4 is 16.1 Å². The number of urea groups is 1. The lowest BCUT2D eigenvalue weighted by molar-refractivity contribution is 0.0115. The number of nitrogens with one attached hydrogen (secondary N) is 1. The Kier molecular flexibility index (Phi) is 6.11. The third-order valence-corrected chi connectivity index (χ3v) is 6.01. The normalized spacial score (nSPS) is 17.1. The van der Waals surface area contributed by atoms with E-state index in [2.05, 4.69) is 5.32 Å². The summed E-state index contributed by atoms with van der Waals surface area (Å²) in [5, 5.41) is 2.79. The van der Waals surface area contributed by atoms with Crippen LogP contribution in [0.15, 0.2) is 23.1 Å². The second-order valence-electron chi connectivity index (χ2n) is 6.88. The van der Waals surface area contributed by atoms with E-state index in [1.165, 1.54) is 4.90 Å². The number of aryl methyl sites for hydroxylation is 2. The first-order valence-corrected chi connectivity index (χ1v) is 10.1. The molecule has 1 N–H and O–H groups in total. The van der Waals surface area contributed by atoms with Gasteiger partial charge >= 0.3 is 6.03 Å². The molecule has 140 valence electrons. The molecular weight excluding hydrogens is 340 g/mol. The quantitative estimate of drug-likeness (QED) is 0.640. The van der Waals surface area contributed by atoms with Gasteiger partial charge in [-0.2, -0.15) is 8.42 Å². The fourth-order valence-corrected chi connectivity index (χ4v) is 4.62. The first-order chi connectivity index (χ1) is 11.7. The van der Waals surface area contributed by atoms with Crippen molar-refractivity contribution in [3.63, 3.8) is 0 Å². The lowest BCUT2D eigenvalue weighted by atomic mass is 9.92. The molecule has 1 aromatic rings. The fourth-order valence-electron chi connectivity index (χ4n) is 3.14. The van der Waals surface area contributed by atoms with Crippen molar-refractivity contribution in [1.82, 2.24) is 10.2 Å². The molecule has 1 fully saturated rings. The van der Waals surface area contributed by atoms with E-state index in [9.17, 15) is 13.2 Å². The van der Waals surface area contributed by atoms with E-state index in [1.807, 2.05) is 19.9 Å². The molecule has 1 saturated carbocycles. The summed E-state index contributed by atoms with van der Waals surface area (Å²) in [7, 11) is -0.741. The molecule has 0 aliphatic heterocycles. The van der Waals surface area contributed by atoms with Gasteiger partial charge in [0.25, 0.3) is 10.1 Å². The Balaban J connectivity index is 2.35. The Morgan fingerprint density at radius 3 is 2.44 bits per heavy atom. The van der Waals surface area contributed by atoms with E-state index in [0.717, 1.165) is 30.4 Å². The molecule has 6 nitrogen and oxygen atoms in total. The number of hydrogen-bond donors (Lipinski definition) is 1. The smallest absolute Gasteiger partial charge is 0.319 e. The first-order valence-electron chi connectivity index (χ1n) is 8.74. The molecule has 0 bridgehead atoms. The predicted octanol–water partition coefficient (Wildman–Crippen LogP) is 3.19. The Bertz CT molecular complexity index is 723. The van der Waals surface area contributed by atoms with Crippen LogP contribution in [-0.4, -0.2) is 39.2 Å². The standard InChI is InChI=1S/C18H28N2O4S/c1-5-15-13-14(2)9-10-16(15)25(22,23)24-18(11-7-6-8-12-18)19-17(21)20(3)4/h9-10,13H,5-8,11-12H2,1-4H3,(H,19,21). The van der Waals surface area contributed by atoms with Gasteiger partial charge in [0.2, 0.25) is 0 Å². The summed E-state index contributed by atoms with van der Waals surface area (Å²) < 4.78 is 31.6. The largest absolute Gasteiger partial charge is 0.331 e. The lowest BCUT2D eigenvalue weighted by Gasteiger charge is -2.37. The second-order valence-corrected chi connectivity index (χ2v) is 8.40. The highest BCUT2D eigenvalue weighted by molar-refractivity contribution is 7.86. The zero-order valence-corrected chi connectivity index (χ0v) is 16.3. The minimum atomic E-state index is -3.98. The number of rotatable bonds is 5. The fraction of sp³-hybridized carbons (Fsp3) is 0.611. The van der Waals surface area contributed by atoms with Gasteiger partial charge in [0.15, 0.2) is 5.72 Å². The molecule has 1 aliphatic rings. The Morgan fingerprint density at radius 1 is 1.24 bits per heavy atom. The number of carbonyl (C=O) groups excluding carboxylic acids is 1. The molecule has 0 radical (unpaired) electrons. The average Bonchev–Trinajstić information content (AvgIpc) is 2.54. The summed E-state index contributed by atoms with van der Waals surface area (Å²) in [6.07, 6.45) is 4.21. The van der Waals surface area contributed by atoms with Crippen molar-refractivity contribution in [3.05, 3.63) is 29.3 Å². The third-order valence-electron chi connectivity index (χ3n) is 4.54. The van der Waals surface area contributed by atoms with Crippen molar-refractivity contribution in [1.29, 1.82) is 0 Å². The van der Waals surface area contributed by atoms with E-state index >= 15 is 0 Å². The highest BCUT2D eigenvalue weighted by atomic mass is 32.2. The van der Waals surface area contributed by atoms with Gasteiger partial charge in [0.05, 0.1) is 4.90 Å². The summed E-state index contributed by atoms with van der Waals surface area (Å²) in [5.74, 6) is 0. The number of benzene rings is 1. The maximum absolute atomic E-state index is 13.0. The number of hydrogen-bond acceptors (Lipinski definition) is 4.